The molecule has 8 heteroatoms. The molecule has 0 atom stereocenters. The molecule has 0 unspecified atom stereocenters. The lowest BCUT2D eigenvalue weighted by Gasteiger charge is -2.07. The highest BCUT2D eigenvalue weighted by atomic mass is 35.5. The quantitative estimate of drug-likeness (QED) is 0.544. The number of methoxy groups -OCH3 is 1. The summed E-state index contributed by atoms with van der Waals surface area (Å²) in [5.41, 5.74) is 0.728. The lowest BCUT2D eigenvalue weighted by Crippen LogP contribution is -2.12. The van der Waals surface area contributed by atoms with Crippen LogP contribution in [0, 0.1) is 0 Å². The summed E-state index contributed by atoms with van der Waals surface area (Å²) in [7, 11) is 1.61. The van der Waals surface area contributed by atoms with Crippen molar-refractivity contribution in [1.29, 1.82) is 0 Å². The van der Waals surface area contributed by atoms with Gasteiger partial charge in [0, 0.05) is 36.5 Å². The number of hydrogen-bond acceptors (Lipinski definition) is 5. The molecule has 1 amide bonds. The van der Waals surface area contributed by atoms with Crippen molar-refractivity contribution in [3.8, 4) is 0 Å². The number of amides is 1. The normalized spacial score (nSPS) is 10.6. The van der Waals surface area contributed by atoms with Crippen LogP contribution in [0.5, 0.6) is 0 Å². The van der Waals surface area contributed by atoms with Crippen LogP contribution in [0.15, 0.2) is 42.1 Å². The summed E-state index contributed by atoms with van der Waals surface area (Å²) in [4.78, 5) is 12.0. The van der Waals surface area contributed by atoms with E-state index in [-0.39, 0.29) is 5.91 Å². The van der Waals surface area contributed by atoms with E-state index in [1.807, 2.05) is 4.57 Å². The minimum absolute atomic E-state index is 0.0586. The number of allylic oxidation sites excluding steroid dienone is 1. The number of anilines is 1. The second-order valence-corrected chi connectivity index (χ2v) is 6.38. The smallest absolute Gasteiger partial charge is 0.225 e. The van der Waals surface area contributed by atoms with Crippen LogP contribution in [0.4, 0.5) is 5.69 Å². The van der Waals surface area contributed by atoms with Crippen LogP contribution in [0.1, 0.15) is 12.2 Å². The van der Waals surface area contributed by atoms with Gasteiger partial charge in [0.05, 0.1) is 0 Å². The highest BCUT2D eigenvalue weighted by Crippen LogP contribution is 2.19. The van der Waals surface area contributed by atoms with Crippen molar-refractivity contribution >= 4 is 35.0 Å². The summed E-state index contributed by atoms with van der Waals surface area (Å²) >= 11 is 7.30. The van der Waals surface area contributed by atoms with Crippen LogP contribution in [-0.4, -0.2) is 33.5 Å². The van der Waals surface area contributed by atoms with Gasteiger partial charge in [-0.2, -0.15) is 0 Å². The van der Waals surface area contributed by atoms with E-state index in [4.69, 9.17) is 16.3 Å². The number of benzene rings is 1. The van der Waals surface area contributed by atoms with E-state index in [0.29, 0.717) is 30.3 Å². The standard InChI is InChI=1S/C16H19ClN4O2S/c1-3-9-21-14(11-23-2)19-20-16(21)24-10-8-15(22)18-13-6-4-12(17)5-7-13/h3-7H,1,8-11H2,2H3,(H,18,22). The molecular formula is C16H19ClN4O2S. The molecule has 1 N–H and O–H groups in total. The molecule has 128 valence electrons. The Balaban J connectivity index is 1.86. The van der Waals surface area contributed by atoms with Gasteiger partial charge in [-0.3, -0.25) is 4.79 Å². The zero-order chi connectivity index (χ0) is 17.4. The van der Waals surface area contributed by atoms with Crippen molar-refractivity contribution in [3.05, 3.63) is 47.8 Å². The van der Waals surface area contributed by atoms with Crippen LogP contribution in [-0.2, 0) is 22.7 Å². The van der Waals surface area contributed by atoms with Crippen molar-refractivity contribution in [1.82, 2.24) is 14.8 Å². The Hall–Kier alpha value is -1.83. The molecule has 2 aromatic rings. The van der Waals surface area contributed by atoms with Gasteiger partial charge in [-0.25, -0.2) is 0 Å². The van der Waals surface area contributed by atoms with Crippen LogP contribution < -0.4 is 5.32 Å². The number of nitrogens with one attached hydrogen (secondary N) is 1. The van der Waals surface area contributed by atoms with Crippen molar-refractivity contribution < 1.29 is 9.53 Å². The van der Waals surface area contributed by atoms with Crippen molar-refractivity contribution in [2.45, 2.75) is 24.7 Å². The first-order valence-electron chi connectivity index (χ1n) is 7.34. The second-order valence-electron chi connectivity index (χ2n) is 4.88. The zero-order valence-electron chi connectivity index (χ0n) is 13.4. The van der Waals surface area contributed by atoms with Gasteiger partial charge in [0.2, 0.25) is 5.91 Å². The molecule has 24 heavy (non-hydrogen) atoms. The Kier molecular flexibility index (Phi) is 7.30. The maximum absolute atomic E-state index is 12.0. The average Bonchev–Trinajstić information content (AvgIpc) is 2.93. The third-order valence-corrected chi connectivity index (χ3v) is 4.29. The topological polar surface area (TPSA) is 69.0 Å². The largest absolute Gasteiger partial charge is 0.377 e. The van der Waals surface area contributed by atoms with Crippen molar-refractivity contribution in [3.63, 3.8) is 0 Å². The Morgan fingerprint density at radius 3 is 2.83 bits per heavy atom. The maximum atomic E-state index is 12.0. The first kappa shape index (κ1) is 18.5. The molecule has 0 aliphatic carbocycles. The van der Waals surface area contributed by atoms with Crippen LogP contribution in [0.25, 0.3) is 0 Å². The highest BCUT2D eigenvalue weighted by Gasteiger charge is 2.12. The van der Waals surface area contributed by atoms with Crippen LogP contribution in [0.3, 0.4) is 0 Å². The molecule has 0 aliphatic rings. The monoisotopic (exact) mass is 366 g/mol. The lowest BCUT2D eigenvalue weighted by atomic mass is 10.3. The molecule has 0 spiro atoms. The van der Waals surface area contributed by atoms with E-state index in [1.165, 1.54) is 11.8 Å². The molecule has 2 rings (SSSR count). The summed E-state index contributed by atoms with van der Waals surface area (Å²) in [6.07, 6.45) is 2.15. The van der Waals surface area contributed by atoms with E-state index < -0.39 is 0 Å². The number of carbonyl (C=O) groups excluding carboxylic acids is 1. The van der Waals surface area contributed by atoms with E-state index in [2.05, 4.69) is 22.1 Å². The number of carbonyl (C=O) groups is 1. The molecule has 0 fully saturated rings. The fraction of sp³-hybridized carbons (Fsp3) is 0.312. The van der Waals surface area contributed by atoms with Gasteiger partial charge in [0.1, 0.15) is 6.61 Å². The Bertz CT molecular complexity index is 688. The first-order chi connectivity index (χ1) is 11.6. The predicted octanol–water partition coefficient (Wildman–Crippen LogP) is 3.38. The van der Waals surface area contributed by atoms with E-state index >= 15 is 0 Å². The molecule has 0 aliphatic heterocycles. The first-order valence-corrected chi connectivity index (χ1v) is 8.70. The van der Waals surface area contributed by atoms with Gasteiger partial charge >= 0.3 is 0 Å². The minimum atomic E-state index is -0.0586. The van der Waals surface area contributed by atoms with Gasteiger partial charge < -0.3 is 14.6 Å². The average molecular weight is 367 g/mol. The van der Waals surface area contributed by atoms with Crippen LogP contribution >= 0.6 is 23.4 Å². The maximum Gasteiger partial charge on any atom is 0.225 e. The van der Waals surface area contributed by atoms with Gasteiger partial charge in [-0.1, -0.05) is 29.4 Å². The number of thioether (sulfide) groups is 1. The highest BCUT2D eigenvalue weighted by molar-refractivity contribution is 7.99. The van der Waals surface area contributed by atoms with Gasteiger partial charge in [0.25, 0.3) is 0 Å². The Labute approximate surface area is 150 Å². The number of aromatic nitrogens is 3. The van der Waals surface area contributed by atoms with Crippen molar-refractivity contribution in [2.24, 2.45) is 0 Å². The summed E-state index contributed by atoms with van der Waals surface area (Å²) in [5.74, 6) is 1.28. The summed E-state index contributed by atoms with van der Waals surface area (Å²) in [5, 5.41) is 12.5. The molecule has 0 saturated heterocycles. The van der Waals surface area contributed by atoms with Gasteiger partial charge in [-0.15, -0.1) is 16.8 Å². The molecule has 0 radical (unpaired) electrons. The molecule has 6 nitrogen and oxygen atoms in total. The number of rotatable bonds is 9. The SMILES string of the molecule is C=CCn1c(COC)nnc1SCCC(=O)Nc1ccc(Cl)cc1. The third-order valence-electron chi connectivity index (χ3n) is 3.07. The van der Waals surface area contributed by atoms with Crippen LogP contribution in [0.2, 0.25) is 5.02 Å². The lowest BCUT2D eigenvalue weighted by molar-refractivity contribution is -0.115. The summed E-state index contributed by atoms with van der Waals surface area (Å²) in [6, 6.07) is 7.01. The molecule has 1 aromatic carbocycles. The van der Waals surface area contributed by atoms with E-state index in [1.54, 1.807) is 37.5 Å². The van der Waals surface area contributed by atoms with Crippen molar-refractivity contribution in [2.75, 3.05) is 18.2 Å². The van der Waals surface area contributed by atoms with Gasteiger partial charge in [-0.05, 0) is 24.3 Å². The van der Waals surface area contributed by atoms with Gasteiger partial charge in [0.15, 0.2) is 11.0 Å². The predicted molar refractivity (Wildman–Crippen MR) is 96.4 cm³/mol. The summed E-state index contributed by atoms with van der Waals surface area (Å²) < 4.78 is 7.03. The Morgan fingerprint density at radius 2 is 2.17 bits per heavy atom. The number of nitrogens with zero attached hydrogens (tertiary/aromatic N) is 3. The molecule has 0 saturated carbocycles. The number of halogens is 1. The fourth-order valence-corrected chi connectivity index (χ4v) is 3.00. The Morgan fingerprint density at radius 1 is 1.42 bits per heavy atom. The molecular weight excluding hydrogens is 348 g/mol. The van der Waals surface area contributed by atoms with E-state index in [0.717, 1.165) is 16.7 Å². The third kappa shape index (κ3) is 5.36. The zero-order valence-corrected chi connectivity index (χ0v) is 14.9. The summed E-state index contributed by atoms with van der Waals surface area (Å²) in [6.45, 7) is 4.73. The van der Waals surface area contributed by atoms with E-state index in [9.17, 15) is 4.79 Å². The fourth-order valence-electron chi connectivity index (χ4n) is 1.97. The molecule has 0 bridgehead atoms. The molecule has 1 heterocycles. The minimum Gasteiger partial charge on any atom is -0.377 e. The number of ether oxygens (including phenoxy) is 1. The number of hydrogen-bond donors (Lipinski definition) is 1. The molecule has 1 aromatic heterocycles. The second kappa shape index (κ2) is 9.46.